The van der Waals surface area contributed by atoms with Crippen molar-refractivity contribution < 1.29 is 9.90 Å². The molecule has 0 aliphatic rings. The number of aromatic carboxylic acids is 1. The van der Waals surface area contributed by atoms with Gasteiger partial charge in [-0.15, -0.1) is 0 Å². The molecule has 0 atom stereocenters. The summed E-state index contributed by atoms with van der Waals surface area (Å²) in [5, 5.41) is 10.1. The molecule has 110 valence electrons. The third-order valence-corrected chi connectivity index (χ3v) is 3.63. The van der Waals surface area contributed by atoms with Gasteiger partial charge in [-0.3, -0.25) is 0 Å². The molecule has 1 N–H and O–H groups in total. The second-order valence-corrected chi connectivity index (χ2v) is 5.32. The largest absolute Gasteiger partial charge is 0.478 e. The Morgan fingerprint density at radius 2 is 1.73 bits per heavy atom. The molecule has 0 bridgehead atoms. The van der Waals surface area contributed by atoms with Crippen molar-refractivity contribution in [1.29, 1.82) is 0 Å². The Morgan fingerprint density at radius 3 is 2.36 bits per heavy atom. The summed E-state index contributed by atoms with van der Waals surface area (Å²) in [6, 6.07) is 16.8. The summed E-state index contributed by atoms with van der Waals surface area (Å²) in [5.74, 6) is -0.940. The van der Waals surface area contributed by atoms with Crippen LogP contribution in [0.2, 0.25) is 0 Å². The molecule has 0 amide bonds. The number of carbonyl (C=O) groups is 1. The molecule has 3 rings (SSSR count). The van der Waals surface area contributed by atoms with Crippen molar-refractivity contribution in [3.63, 3.8) is 0 Å². The van der Waals surface area contributed by atoms with Gasteiger partial charge in [-0.2, -0.15) is 0 Å². The second-order valence-electron chi connectivity index (χ2n) is 5.32. The number of nitrogens with zero attached hydrogens (tertiary/aromatic N) is 2. The van der Waals surface area contributed by atoms with E-state index in [1.54, 1.807) is 12.1 Å². The highest BCUT2D eigenvalue weighted by Crippen LogP contribution is 2.26. The summed E-state index contributed by atoms with van der Waals surface area (Å²) in [4.78, 5) is 18.1. The number of benzene rings is 2. The molecule has 0 aliphatic carbocycles. The average Bonchev–Trinajstić information content (AvgIpc) is 2.53. The molecule has 1 aromatic heterocycles. The molecule has 0 radical (unpaired) electrons. The summed E-state index contributed by atoms with van der Waals surface area (Å²) in [6.07, 6.45) is 0. The first-order valence-corrected chi connectivity index (χ1v) is 6.97. The smallest absolute Gasteiger partial charge is 0.336 e. The number of carboxylic acid groups (broad SMARTS) is 1. The number of anilines is 1. The van der Waals surface area contributed by atoms with Crippen LogP contribution < -0.4 is 4.90 Å². The van der Waals surface area contributed by atoms with Crippen LogP contribution in [0.3, 0.4) is 0 Å². The van der Waals surface area contributed by atoms with E-state index in [0.717, 1.165) is 11.3 Å². The lowest BCUT2D eigenvalue weighted by Gasteiger charge is -2.13. The van der Waals surface area contributed by atoms with Gasteiger partial charge in [-0.05, 0) is 24.3 Å². The summed E-state index contributed by atoms with van der Waals surface area (Å²) < 4.78 is 0. The zero-order valence-electron chi connectivity index (χ0n) is 12.4. The fraction of sp³-hybridized carbons (Fsp3) is 0.111. The summed E-state index contributed by atoms with van der Waals surface area (Å²) in [6.45, 7) is 0. The van der Waals surface area contributed by atoms with Gasteiger partial charge < -0.3 is 10.0 Å². The predicted octanol–water partition coefficient (Wildman–Crippen LogP) is 3.67. The van der Waals surface area contributed by atoms with Crippen molar-refractivity contribution in [2.24, 2.45) is 0 Å². The van der Waals surface area contributed by atoms with Crippen molar-refractivity contribution in [3.05, 3.63) is 60.2 Å². The van der Waals surface area contributed by atoms with Crippen molar-refractivity contribution in [2.75, 3.05) is 19.0 Å². The minimum atomic E-state index is -0.940. The molecule has 0 saturated heterocycles. The number of pyridine rings is 1. The molecule has 0 fully saturated rings. The van der Waals surface area contributed by atoms with Crippen LogP contribution in [0.15, 0.2) is 54.6 Å². The van der Waals surface area contributed by atoms with Crippen molar-refractivity contribution >= 4 is 22.6 Å². The highest BCUT2D eigenvalue weighted by molar-refractivity contribution is 6.03. The van der Waals surface area contributed by atoms with E-state index < -0.39 is 5.97 Å². The fourth-order valence-electron chi connectivity index (χ4n) is 2.43. The Bertz CT molecular complexity index is 839. The molecule has 22 heavy (non-hydrogen) atoms. The molecule has 1 heterocycles. The molecule has 0 aliphatic heterocycles. The van der Waals surface area contributed by atoms with Gasteiger partial charge >= 0.3 is 5.97 Å². The zero-order valence-corrected chi connectivity index (χ0v) is 12.4. The Kier molecular flexibility index (Phi) is 3.51. The SMILES string of the molecule is CN(C)c1ccc(-c2cc(C(=O)O)c3ccccc3n2)cc1. The number of rotatable bonds is 3. The van der Waals surface area contributed by atoms with E-state index >= 15 is 0 Å². The van der Waals surface area contributed by atoms with E-state index in [1.807, 2.05) is 61.5 Å². The molecule has 3 aromatic rings. The molecule has 2 aromatic carbocycles. The van der Waals surface area contributed by atoms with E-state index in [4.69, 9.17) is 0 Å². The second kappa shape index (κ2) is 5.48. The standard InChI is InChI=1S/C18H16N2O2/c1-20(2)13-9-7-12(8-10-13)17-11-15(18(21)22)14-5-3-4-6-16(14)19-17/h3-11H,1-2H3,(H,21,22). The highest BCUT2D eigenvalue weighted by atomic mass is 16.4. The first-order chi connectivity index (χ1) is 10.6. The van der Waals surface area contributed by atoms with E-state index in [2.05, 4.69) is 4.98 Å². The number of fused-ring (bicyclic) bond motifs is 1. The van der Waals surface area contributed by atoms with Crippen molar-refractivity contribution in [2.45, 2.75) is 0 Å². The third kappa shape index (κ3) is 2.51. The summed E-state index contributed by atoms with van der Waals surface area (Å²) in [5.41, 5.74) is 3.62. The van der Waals surface area contributed by atoms with Crippen LogP contribution >= 0.6 is 0 Å². The van der Waals surface area contributed by atoms with Crippen LogP contribution in [0.25, 0.3) is 22.2 Å². The monoisotopic (exact) mass is 292 g/mol. The lowest BCUT2D eigenvalue weighted by Crippen LogP contribution is -2.08. The molecule has 4 nitrogen and oxygen atoms in total. The van der Waals surface area contributed by atoms with Crippen LogP contribution in [0.5, 0.6) is 0 Å². The van der Waals surface area contributed by atoms with Gasteiger partial charge in [0.1, 0.15) is 0 Å². The summed E-state index contributed by atoms with van der Waals surface area (Å²) >= 11 is 0. The van der Waals surface area contributed by atoms with Crippen LogP contribution in [0.4, 0.5) is 5.69 Å². The first-order valence-electron chi connectivity index (χ1n) is 6.97. The number of hydrogen-bond donors (Lipinski definition) is 1. The highest BCUT2D eigenvalue weighted by Gasteiger charge is 2.12. The lowest BCUT2D eigenvalue weighted by molar-refractivity contribution is 0.0699. The maximum Gasteiger partial charge on any atom is 0.336 e. The van der Waals surface area contributed by atoms with Crippen LogP contribution in [-0.2, 0) is 0 Å². The van der Waals surface area contributed by atoms with E-state index in [9.17, 15) is 9.90 Å². The fourth-order valence-corrected chi connectivity index (χ4v) is 2.43. The molecular formula is C18H16N2O2. The summed E-state index contributed by atoms with van der Waals surface area (Å²) in [7, 11) is 3.96. The third-order valence-electron chi connectivity index (χ3n) is 3.63. The van der Waals surface area contributed by atoms with Crippen LogP contribution in [0.1, 0.15) is 10.4 Å². The van der Waals surface area contributed by atoms with Gasteiger partial charge in [0.25, 0.3) is 0 Å². The van der Waals surface area contributed by atoms with Gasteiger partial charge in [-0.25, -0.2) is 9.78 Å². The normalized spacial score (nSPS) is 10.6. The lowest BCUT2D eigenvalue weighted by atomic mass is 10.0. The molecule has 0 spiro atoms. The van der Waals surface area contributed by atoms with Gasteiger partial charge in [0, 0.05) is 30.7 Å². The number of para-hydroxylation sites is 1. The minimum absolute atomic E-state index is 0.275. The van der Waals surface area contributed by atoms with Gasteiger partial charge in [0.2, 0.25) is 0 Å². The van der Waals surface area contributed by atoms with Crippen LogP contribution in [0, 0.1) is 0 Å². The van der Waals surface area contributed by atoms with E-state index in [0.29, 0.717) is 16.6 Å². The quantitative estimate of drug-likeness (QED) is 0.800. The van der Waals surface area contributed by atoms with Crippen molar-refractivity contribution in [3.8, 4) is 11.3 Å². The average molecular weight is 292 g/mol. The Hall–Kier alpha value is -2.88. The molecule has 0 unspecified atom stereocenters. The topological polar surface area (TPSA) is 53.4 Å². The first kappa shape index (κ1) is 14.1. The van der Waals surface area contributed by atoms with Gasteiger partial charge in [0.05, 0.1) is 16.8 Å². The molecular weight excluding hydrogens is 276 g/mol. The number of hydrogen-bond acceptors (Lipinski definition) is 3. The Balaban J connectivity index is 2.16. The number of aromatic nitrogens is 1. The maximum absolute atomic E-state index is 11.5. The maximum atomic E-state index is 11.5. The minimum Gasteiger partial charge on any atom is -0.478 e. The van der Waals surface area contributed by atoms with E-state index in [1.165, 1.54) is 0 Å². The van der Waals surface area contributed by atoms with Gasteiger partial charge in [0.15, 0.2) is 0 Å². The molecule has 4 heteroatoms. The van der Waals surface area contributed by atoms with Gasteiger partial charge in [-0.1, -0.05) is 30.3 Å². The predicted molar refractivity (Wildman–Crippen MR) is 88.5 cm³/mol. The zero-order chi connectivity index (χ0) is 15.7. The Labute approximate surface area is 128 Å². The van der Waals surface area contributed by atoms with Crippen LogP contribution in [-0.4, -0.2) is 30.2 Å². The van der Waals surface area contributed by atoms with E-state index in [-0.39, 0.29) is 5.56 Å². The van der Waals surface area contributed by atoms with Crippen molar-refractivity contribution in [1.82, 2.24) is 4.98 Å². The number of carboxylic acids is 1. The Morgan fingerprint density at radius 1 is 1.05 bits per heavy atom. The molecule has 0 saturated carbocycles.